The highest BCUT2D eigenvalue weighted by Gasteiger charge is 2.09. The largest absolute Gasteiger partial charge is 0.298 e. The smallest absolute Gasteiger partial charge is 0.269 e. The van der Waals surface area contributed by atoms with Gasteiger partial charge >= 0.3 is 0 Å². The lowest BCUT2D eigenvalue weighted by Crippen LogP contribution is -2.48. The summed E-state index contributed by atoms with van der Waals surface area (Å²) in [6.07, 6.45) is 2.93. The zero-order chi connectivity index (χ0) is 18.9. The van der Waals surface area contributed by atoms with E-state index in [0.717, 1.165) is 5.56 Å². The summed E-state index contributed by atoms with van der Waals surface area (Å²) in [5.74, 6) is -1.02. The third-order valence-corrected chi connectivity index (χ3v) is 3.30. The average Bonchev–Trinajstić information content (AvgIpc) is 2.65. The fraction of sp³-hybridized carbons (Fsp3) is 0. The van der Waals surface area contributed by atoms with Crippen LogP contribution in [0.2, 0.25) is 0 Å². The first-order valence-electron chi connectivity index (χ1n) is 7.34. The Hall–Kier alpha value is -3.59. The predicted octanol–water partition coefficient (Wildman–Crippen LogP) is 1.94. The molecule has 0 aliphatic rings. The number of rotatable bonds is 4. The van der Waals surface area contributed by atoms with Crippen molar-refractivity contribution in [3.8, 4) is 0 Å². The first-order chi connectivity index (χ1) is 12.5. The first kappa shape index (κ1) is 18.7. The van der Waals surface area contributed by atoms with Crippen molar-refractivity contribution < 1.29 is 14.5 Å². The van der Waals surface area contributed by atoms with Crippen LogP contribution in [-0.4, -0.2) is 21.9 Å². The summed E-state index contributed by atoms with van der Waals surface area (Å²) in [5.41, 5.74) is 5.59. The lowest BCUT2D eigenvalue weighted by atomic mass is 10.2. The lowest BCUT2D eigenvalue weighted by Gasteiger charge is -2.09. The minimum Gasteiger partial charge on any atom is -0.298 e. The van der Waals surface area contributed by atoms with Crippen molar-refractivity contribution in [2.24, 2.45) is 0 Å². The Balaban J connectivity index is 1.80. The molecule has 3 N–H and O–H groups in total. The van der Waals surface area contributed by atoms with Crippen LogP contribution in [0.25, 0.3) is 6.08 Å². The van der Waals surface area contributed by atoms with E-state index in [1.54, 1.807) is 6.08 Å². The molecule has 0 fully saturated rings. The van der Waals surface area contributed by atoms with E-state index < -0.39 is 16.7 Å². The van der Waals surface area contributed by atoms with Gasteiger partial charge in [-0.3, -0.25) is 35.9 Å². The molecule has 2 amide bonds. The van der Waals surface area contributed by atoms with Crippen molar-refractivity contribution in [2.45, 2.75) is 0 Å². The molecule has 2 rings (SSSR count). The van der Waals surface area contributed by atoms with Crippen LogP contribution < -0.4 is 16.2 Å². The summed E-state index contributed by atoms with van der Waals surface area (Å²) in [7, 11) is 0. The minimum absolute atomic E-state index is 0.0945. The summed E-state index contributed by atoms with van der Waals surface area (Å²) in [4.78, 5) is 33.6. The normalized spacial score (nSPS) is 10.2. The number of nitrogens with zero attached hydrogens (tertiary/aromatic N) is 1. The van der Waals surface area contributed by atoms with Gasteiger partial charge in [0.2, 0.25) is 5.91 Å². The number of thiocarbonyl (C=S) groups is 1. The maximum atomic E-state index is 11.9. The van der Waals surface area contributed by atoms with Crippen LogP contribution in [0.5, 0.6) is 0 Å². The van der Waals surface area contributed by atoms with Gasteiger partial charge in [-0.15, -0.1) is 0 Å². The molecule has 0 aliphatic heterocycles. The number of benzene rings is 2. The van der Waals surface area contributed by atoms with Gasteiger partial charge in [-0.1, -0.05) is 30.3 Å². The number of nitro groups is 1. The van der Waals surface area contributed by atoms with Crippen LogP contribution in [0.15, 0.2) is 60.7 Å². The summed E-state index contributed by atoms with van der Waals surface area (Å²) >= 11 is 4.90. The van der Waals surface area contributed by atoms with Gasteiger partial charge in [0.15, 0.2) is 5.11 Å². The highest BCUT2D eigenvalue weighted by molar-refractivity contribution is 7.80. The number of nitro benzene ring substituents is 1. The van der Waals surface area contributed by atoms with Crippen LogP contribution in [-0.2, 0) is 4.79 Å². The van der Waals surface area contributed by atoms with Crippen molar-refractivity contribution >= 4 is 40.9 Å². The van der Waals surface area contributed by atoms with Crippen LogP contribution in [0.4, 0.5) is 5.69 Å². The monoisotopic (exact) mass is 370 g/mol. The SMILES string of the molecule is O=C(/C=C/c1ccccc1)NC(=S)NNC(=O)c1ccc([N+](=O)[O-])cc1. The minimum atomic E-state index is -0.562. The molecule has 0 saturated carbocycles. The highest BCUT2D eigenvalue weighted by Crippen LogP contribution is 2.11. The quantitative estimate of drug-likeness (QED) is 0.328. The van der Waals surface area contributed by atoms with Gasteiger partial charge in [-0.05, 0) is 36.0 Å². The Labute approximate surface area is 154 Å². The third-order valence-electron chi connectivity index (χ3n) is 3.09. The maximum absolute atomic E-state index is 11.9. The van der Waals surface area contributed by atoms with Crippen LogP contribution in [0.1, 0.15) is 15.9 Å². The first-order valence-corrected chi connectivity index (χ1v) is 7.75. The van der Waals surface area contributed by atoms with Crippen LogP contribution >= 0.6 is 12.2 Å². The zero-order valence-corrected chi connectivity index (χ0v) is 14.2. The van der Waals surface area contributed by atoms with Crippen molar-refractivity contribution in [1.29, 1.82) is 0 Å². The van der Waals surface area contributed by atoms with Crippen molar-refractivity contribution in [3.63, 3.8) is 0 Å². The Kier molecular flexibility index (Phi) is 6.52. The molecule has 0 heterocycles. The fourth-order valence-electron chi connectivity index (χ4n) is 1.84. The molecule has 2 aromatic rings. The number of carbonyl (C=O) groups is 2. The molecule has 2 aromatic carbocycles. The Morgan fingerprint density at radius 3 is 2.27 bits per heavy atom. The second-order valence-electron chi connectivity index (χ2n) is 4.95. The van der Waals surface area contributed by atoms with Gasteiger partial charge in [0.25, 0.3) is 11.6 Å². The molecule has 26 heavy (non-hydrogen) atoms. The standard InChI is InChI=1S/C17H14N4O4S/c22-15(11-6-12-4-2-1-3-5-12)18-17(26)20-19-16(23)13-7-9-14(10-8-13)21(24)25/h1-11H,(H,19,23)(H2,18,20,22,26)/b11-6+. The molecule has 9 heteroatoms. The van der Waals surface area contributed by atoms with Gasteiger partial charge in [-0.2, -0.15) is 0 Å². The topological polar surface area (TPSA) is 113 Å². The molecule has 0 aliphatic carbocycles. The van der Waals surface area contributed by atoms with Crippen LogP contribution in [0, 0.1) is 10.1 Å². The number of nitrogens with one attached hydrogen (secondary N) is 3. The predicted molar refractivity (Wildman–Crippen MR) is 99.9 cm³/mol. The Morgan fingerprint density at radius 2 is 1.65 bits per heavy atom. The van der Waals surface area contributed by atoms with Gasteiger partial charge in [0.05, 0.1) is 4.92 Å². The summed E-state index contributed by atoms with van der Waals surface area (Å²) < 4.78 is 0. The summed E-state index contributed by atoms with van der Waals surface area (Å²) in [6.45, 7) is 0. The molecule has 0 unspecified atom stereocenters. The van der Waals surface area contributed by atoms with Crippen molar-refractivity contribution in [2.75, 3.05) is 0 Å². The summed E-state index contributed by atoms with van der Waals surface area (Å²) in [5, 5.41) is 12.9. The third kappa shape index (κ3) is 5.80. The summed E-state index contributed by atoms with van der Waals surface area (Å²) in [6, 6.07) is 14.3. The number of amides is 2. The van der Waals surface area contributed by atoms with E-state index in [2.05, 4.69) is 16.2 Å². The molecular formula is C17H14N4O4S. The van der Waals surface area contributed by atoms with Crippen molar-refractivity contribution in [3.05, 3.63) is 81.9 Å². The van der Waals surface area contributed by atoms with Gasteiger partial charge in [0.1, 0.15) is 0 Å². The number of hydrazine groups is 1. The Bertz CT molecular complexity index is 851. The number of carbonyl (C=O) groups excluding carboxylic acids is 2. The van der Waals surface area contributed by atoms with E-state index in [1.807, 2.05) is 30.3 Å². The van der Waals surface area contributed by atoms with E-state index in [-0.39, 0.29) is 16.4 Å². The maximum Gasteiger partial charge on any atom is 0.269 e. The molecule has 0 spiro atoms. The molecule has 132 valence electrons. The number of hydrogen-bond donors (Lipinski definition) is 3. The molecule has 0 radical (unpaired) electrons. The van der Waals surface area contributed by atoms with E-state index in [0.29, 0.717) is 0 Å². The van der Waals surface area contributed by atoms with E-state index in [4.69, 9.17) is 12.2 Å². The molecule has 0 saturated heterocycles. The molecule has 0 bridgehead atoms. The van der Waals surface area contributed by atoms with E-state index in [9.17, 15) is 19.7 Å². The van der Waals surface area contributed by atoms with E-state index >= 15 is 0 Å². The average molecular weight is 370 g/mol. The molecular weight excluding hydrogens is 356 g/mol. The highest BCUT2D eigenvalue weighted by atomic mass is 32.1. The van der Waals surface area contributed by atoms with Gasteiger partial charge < -0.3 is 0 Å². The second kappa shape index (κ2) is 9.04. The van der Waals surface area contributed by atoms with Crippen molar-refractivity contribution in [1.82, 2.24) is 16.2 Å². The lowest BCUT2D eigenvalue weighted by molar-refractivity contribution is -0.384. The van der Waals surface area contributed by atoms with E-state index in [1.165, 1.54) is 30.3 Å². The van der Waals surface area contributed by atoms with Crippen LogP contribution in [0.3, 0.4) is 0 Å². The molecule has 0 aromatic heterocycles. The fourth-order valence-corrected chi connectivity index (χ4v) is 1.99. The number of non-ortho nitro benzene ring substituents is 1. The molecule has 8 nitrogen and oxygen atoms in total. The van der Waals surface area contributed by atoms with Gasteiger partial charge in [-0.25, -0.2) is 0 Å². The molecule has 0 atom stereocenters. The van der Waals surface area contributed by atoms with Gasteiger partial charge in [0, 0.05) is 23.8 Å². The zero-order valence-electron chi connectivity index (χ0n) is 13.3. The Morgan fingerprint density at radius 1 is 1.00 bits per heavy atom. The second-order valence-corrected chi connectivity index (χ2v) is 5.35. The number of hydrogen-bond acceptors (Lipinski definition) is 5.